The molecule has 1 atom stereocenters. The topological polar surface area (TPSA) is 81.4 Å². The summed E-state index contributed by atoms with van der Waals surface area (Å²) >= 11 is 0. The fourth-order valence-corrected chi connectivity index (χ4v) is 2.29. The molecule has 25 heavy (non-hydrogen) atoms. The molecule has 1 unspecified atom stereocenters. The van der Waals surface area contributed by atoms with Crippen molar-refractivity contribution < 1.29 is 19.0 Å². The highest BCUT2D eigenvalue weighted by molar-refractivity contribution is 5.91. The quantitative estimate of drug-likeness (QED) is 0.773. The molecule has 2 aromatic rings. The molecule has 0 spiro atoms. The lowest BCUT2D eigenvalue weighted by molar-refractivity contribution is 0.0599. The van der Waals surface area contributed by atoms with Gasteiger partial charge >= 0.3 is 5.97 Å². The molecule has 0 saturated carbocycles. The van der Waals surface area contributed by atoms with Crippen molar-refractivity contribution >= 4 is 5.97 Å². The number of methoxy groups -OCH3 is 3. The summed E-state index contributed by atoms with van der Waals surface area (Å²) in [6.45, 7) is 4.00. The van der Waals surface area contributed by atoms with Crippen molar-refractivity contribution in [3.63, 3.8) is 0 Å². The molecule has 0 aliphatic rings. The first-order valence-corrected chi connectivity index (χ1v) is 7.80. The maximum atomic E-state index is 11.9. The molecule has 132 valence electrons. The number of nitriles is 1. The average Bonchev–Trinajstić information content (AvgIpc) is 2.69. The van der Waals surface area contributed by atoms with E-state index in [4.69, 9.17) is 14.2 Å². The predicted octanol–water partition coefficient (Wildman–Crippen LogP) is 3.57. The summed E-state index contributed by atoms with van der Waals surface area (Å²) in [4.78, 5) is 15.8. The molecule has 0 aliphatic carbocycles. The Balaban J connectivity index is 0.00000151. The van der Waals surface area contributed by atoms with Gasteiger partial charge in [0.1, 0.15) is 0 Å². The van der Waals surface area contributed by atoms with Gasteiger partial charge in [-0.3, -0.25) is 4.98 Å². The monoisotopic (exact) mass is 342 g/mol. The molecule has 0 N–H and O–H groups in total. The molecule has 2 rings (SSSR count). The van der Waals surface area contributed by atoms with Gasteiger partial charge in [-0.15, -0.1) is 0 Å². The Morgan fingerprint density at radius 2 is 1.80 bits per heavy atom. The zero-order valence-electron chi connectivity index (χ0n) is 15.1. The number of carbonyl (C=O) groups excluding carboxylic acids is 1. The zero-order valence-corrected chi connectivity index (χ0v) is 15.1. The summed E-state index contributed by atoms with van der Waals surface area (Å²) in [5.41, 5.74) is 1.47. The lowest BCUT2D eigenvalue weighted by atomic mass is 9.90. The van der Waals surface area contributed by atoms with Crippen LogP contribution in [0, 0.1) is 11.3 Å². The van der Waals surface area contributed by atoms with E-state index in [0.717, 1.165) is 0 Å². The number of hydrogen-bond donors (Lipinski definition) is 0. The van der Waals surface area contributed by atoms with Gasteiger partial charge in [-0.05, 0) is 29.3 Å². The summed E-state index contributed by atoms with van der Waals surface area (Å²) in [5, 5.41) is 9.61. The molecule has 6 nitrogen and oxygen atoms in total. The van der Waals surface area contributed by atoms with Crippen molar-refractivity contribution in [1.82, 2.24) is 4.98 Å². The van der Waals surface area contributed by atoms with Gasteiger partial charge < -0.3 is 14.2 Å². The Labute approximate surface area is 148 Å². The lowest BCUT2D eigenvalue weighted by Crippen LogP contribution is -2.10. The van der Waals surface area contributed by atoms with E-state index in [0.29, 0.717) is 22.6 Å². The number of aromatic nitrogens is 1. The van der Waals surface area contributed by atoms with Gasteiger partial charge in [0.05, 0.1) is 38.9 Å². The Morgan fingerprint density at radius 3 is 2.36 bits per heavy atom. The van der Waals surface area contributed by atoms with Crippen molar-refractivity contribution in [2.24, 2.45) is 0 Å². The first kappa shape index (κ1) is 20.0. The molecule has 0 amide bonds. The second-order valence-electron chi connectivity index (χ2n) is 4.63. The first-order valence-electron chi connectivity index (χ1n) is 7.80. The first-order chi connectivity index (χ1) is 12.2. The summed E-state index contributed by atoms with van der Waals surface area (Å²) in [7, 11) is 4.35. The van der Waals surface area contributed by atoms with Crippen molar-refractivity contribution in [3.8, 4) is 17.6 Å². The van der Waals surface area contributed by atoms with Crippen LogP contribution in [0.25, 0.3) is 0 Å². The number of carbonyl (C=O) groups is 1. The van der Waals surface area contributed by atoms with Crippen molar-refractivity contribution in [1.29, 1.82) is 5.26 Å². The Hall–Kier alpha value is -3.07. The van der Waals surface area contributed by atoms with E-state index in [9.17, 15) is 10.1 Å². The standard InChI is InChI=1S/C17H16N2O4.C2H6/c1-21-15-5-4-11(8-16(15)22-2)13(9-18)12-6-7-19-10-14(12)17(20)23-3;1-2/h4-8,10,13H,1-3H3;1-2H3. The third-order valence-electron chi connectivity index (χ3n) is 3.44. The van der Waals surface area contributed by atoms with E-state index in [1.54, 1.807) is 24.3 Å². The van der Waals surface area contributed by atoms with E-state index in [1.807, 2.05) is 13.8 Å². The smallest absolute Gasteiger partial charge is 0.339 e. The zero-order chi connectivity index (χ0) is 18.8. The van der Waals surface area contributed by atoms with E-state index in [2.05, 4.69) is 11.1 Å². The Morgan fingerprint density at radius 1 is 1.12 bits per heavy atom. The highest BCUT2D eigenvalue weighted by Crippen LogP contribution is 2.34. The van der Waals surface area contributed by atoms with Crippen LogP contribution in [-0.4, -0.2) is 32.3 Å². The van der Waals surface area contributed by atoms with Crippen LogP contribution in [0.4, 0.5) is 0 Å². The molecule has 0 aliphatic heterocycles. The SMILES string of the molecule is CC.COC(=O)c1cnccc1C(C#N)c1ccc(OC)c(OC)c1. The maximum Gasteiger partial charge on any atom is 0.339 e. The van der Waals surface area contributed by atoms with Crippen molar-refractivity contribution in [3.05, 3.63) is 53.3 Å². The van der Waals surface area contributed by atoms with Crippen LogP contribution in [0.15, 0.2) is 36.7 Å². The number of esters is 1. The van der Waals surface area contributed by atoms with Crippen LogP contribution >= 0.6 is 0 Å². The second kappa shape index (κ2) is 9.93. The third-order valence-corrected chi connectivity index (χ3v) is 3.44. The lowest BCUT2D eigenvalue weighted by Gasteiger charge is -2.15. The number of rotatable bonds is 5. The van der Waals surface area contributed by atoms with E-state index < -0.39 is 11.9 Å². The second-order valence-corrected chi connectivity index (χ2v) is 4.63. The number of ether oxygens (including phenoxy) is 3. The summed E-state index contributed by atoms with van der Waals surface area (Å²) < 4.78 is 15.2. The van der Waals surface area contributed by atoms with E-state index in [-0.39, 0.29) is 5.56 Å². The van der Waals surface area contributed by atoms with Gasteiger partial charge in [-0.2, -0.15) is 5.26 Å². The Kier molecular flexibility index (Phi) is 7.94. The summed E-state index contributed by atoms with van der Waals surface area (Å²) in [6, 6.07) is 9.04. The molecule has 1 aromatic heterocycles. The van der Waals surface area contributed by atoms with Crippen LogP contribution in [0.5, 0.6) is 11.5 Å². The minimum absolute atomic E-state index is 0.260. The fraction of sp³-hybridized carbons (Fsp3) is 0.316. The average molecular weight is 342 g/mol. The number of benzene rings is 1. The van der Waals surface area contributed by atoms with E-state index in [1.165, 1.54) is 33.7 Å². The predicted molar refractivity (Wildman–Crippen MR) is 93.9 cm³/mol. The van der Waals surface area contributed by atoms with Gasteiger partial charge in [0.15, 0.2) is 11.5 Å². The molecule has 0 fully saturated rings. The minimum atomic E-state index is -0.660. The third kappa shape index (κ3) is 4.48. The van der Waals surface area contributed by atoms with Crippen LogP contribution < -0.4 is 9.47 Å². The summed E-state index contributed by atoms with van der Waals surface area (Å²) in [6.07, 6.45) is 2.93. The molecule has 0 radical (unpaired) electrons. The molecular weight excluding hydrogens is 320 g/mol. The molecule has 6 heteroatoms. The molecule has 1 aromatic carbocycles. The normalized spacial score (nSPS) is 10.6. The van der Waals surface area contributed by atoms with Gasteiger partial charge in [-0.25, -0.2) is 4.79 Å². The van der Waals surface area contributed by atoms with Gasteiger partial charge in [-0.1, -0.05) is 19.9 Å². The highest BCUT2D eigenvalue weighted by Gasteiger charge is 2.22. The molecule has 1 heterocycles. The molecule has 0 bridgehead atoms. The van der Waals surface area contributed by atoms with Crippen LogP contribution in [0.2, 0.25) is 0 Å². The molecule has 0 saturated heterocycles. The van der Waals surface area contributed by atoms with Gasteiger partial charge in [0.2, 0.25) is 0 Å². The van der Waals surface area contributed by atoms with E-state index >= 15 is 0 Å². The van der Waals surface area contributed by atoms with Crippen molar-refractivity contribution in [2.75, 3.05) is 21.3 Å². The van der Waals surface area contributed by atoms with Gasteiger partial charge in [0.25, 0.3) is 0 Å². The summed E-state index contributed by atoms with van der Waals surface area (Å²) in [5.74, 6) is -0.115. The minimum Gasteiger partial charge on any atom is -0.493 e. The Bertz CT molecular complexity index is 753. The van der Waals surface area contributed by atoms with Crippen LogP contribution in [-0.2, 0) is 4.74 Å². The number of pyridine rings is 1. The van der Waals surface area contributed by atoms with Crippen LogP contribution in [0.1, 0.15) is 41.3 Å². The number of hydrogen-bond acceptors (Lipinski definition) is 6. The van der Waals surface area contributed by atoms with Crippen molar-refractivity contribution in [2.45, 2.75) is 19.8 Å². The number of nitrogens with zero attached hydrogens (tertiary/aromatic N) is 2. The molecular formula is C19H22N2O4. The highest BCUT2D eigenvalue weighted by atomic mass is 16.5. The van der Waals surface area contributed by atoms with Gasteiger partial charge in [0, 0.05) is 12.4 Å². The largest absolute Gasteiger partial charge is 0.493 e. The van der Waals surface area contributed by atoms with Crippen LogP contribution in [0.3, 0.4) is 0 Å². The maximum absolute atomic E-state index is 11.9. The fourth-order valence-electron chi connectivity index (χ4n) is 2.29.